The van der Waals surface area contributed by atoms with Gasteiger partial charge in [0.15, 0.2) is 0 Å². The molecule has 0 bridgehead atoms. The minimum absolute atomic E-state index is 0.169. The van der Waals surface area contributed by atoms with Gasteiger partial charge in [0.05, 0.1) is 12.8 Å². The molecule has 0 saturated heterocycles. The number of hydrogen-bond acceptors (Lipinski definition) is 3. The number of carbonyl (C=O) groups excluding carboxylic acids is 1. The van der Waals surface area contributed by atoms with E-state index < -0.39 is 10.0 Å². The second kappa shape index (κ2) is 10.2. The summed E-state index contributed by atoms with van der Waals surface area (Å²) in [6.07, 6.45) is 3.13. The number of rotatable bonds is 10. The van der Waals surface area contributed by atoms with Gasteiger partial charge in [-0.1, -0.05) is 42.5 Å². The second-order valence-electron chi connectivity index (χ2n) is 6.41. The molecule has 27 heavy (non-hydrogen) atoms. The van der Waals surface area contributed by atoms with Crippen LogP contribution in [0, 0.1) is 5.82 Å². The fourth-order valence-electron chi connectivity index (χ4n) is 2.65. The van der Waals surface area contributed by atoms with E-state index in [0.29, 0.717) is 13.0 Å². The summed E-state index contributed by atoms with van der Waals surface area (Å²) in [4.78, 5) is 12.1. The first-order valence-electron chi connectivity index (χ1n) is 8.85. The summed E-state index contributed by atoms with van der Waals surface area (Å²) in [5.41, 5.74) is 2.01. The lowest BCUT2D eigenvalue weighted by Crippen LogP contribution is -2.41. The molecule has 0 radical (unpaired) electrons. The monoisotopic (exact) mass is 392 g/mol. The van der Waals surface area contributed by atoms with Gasteiger partial charge in [-0.2, -0.15) is 4.31 Å². The van der Waals surface area contributed by atoms with E-state index >= 15 is 0 Å². The number of benzene rings is 2. The van der Waals surface area contributed by atoms with Crippen LogP contribution in [0.5, 0.6) is 0 Å². The lowest BCUT2D eigenvalue weighted by Gasteiger charge is -2.19. The van der Waals surface area contributed by atoms with Gasteiger partial charge in [0.25, 0.3) is 0 Å². The maximum Gasteiger partial charge on any atom is 0.235 e. The topological polar surface area (TPSA) is 66.5 Å². The number of hydrogen-bond donors (Lipinski definition) is 1. The zero-order valence-electron chi connectivity index (χ0n) is 15.4. The molecule has 2 rings (SSSR count). The van der Waals surface area contributed by atoms with Gasteiger partial charge in [-0.05, 0) is 42.5 Å². The predicted octanol–water partition coefficient (Wildman–Crippen LogP) is 2.38. The number of halogens is 1. The fourth-order valence-corrected chi connectivity index (χ4v) is 3.42. The largest absolute Gasteiger partial charge is 0.355 e. The number of nitrogens with one attached hydrogen (secondary N) is 1. The Labute approximate surface area is 160 Å². The molecular weight excluding hydrogens is 367 g/mol. The normalized spacial score (nSPS) is 11.5. The summed E-state index contributed by atoms with van der Waals surface area (Å²) in [6.45, 7) is 0.441. The Kier molecular flexibility index (Phi) is 7.94. The van der Waals surface area contributed by atoms with Crippen molar-refractivity contribution in [2.75, 3.05) is 25.9 Å². The molecule has 7 heteroatoms. The van der Waals surface area contributed by atoms with E-state index in [1.807, 2.05) is 30.3 Å². The number of amides is 1. The predicted molar refractivity (Wildman–Crippen MR) is 104 cm³/mol. The Bertz CT molecular complexity index is 824. The molecule has 2 aromatic rings. The van der Waals surface area contributed by atoms with Crippen LogP contribution in [0.15, 0.2) is 54.6 Å². The Balaban J connectivity index is 1.78. The van der Waals surface area contributed by atoms with Crippen molar-refractivity contribution in [1.82, 2.24) is 9.62 Å². The molecule has 0 atom stereocenters. The fraction of sp³-hybridized carbons (Fsp3) is 0.350. The molecule has 146 valence electrons. The van der Waals surface area contributed by atoms with Crippen LogP contribution in [-0.4, -0.2) is 44.5 Å². The molecular formula is C20H25FN2O3S. The number of aryl methyl sites for hydroxylation is 1. The van der Waals surface area contributed by atoms with Crippen LogP contribution in [0.25, 0.3) is 0 Å². The molecule has 0 fully saturated rings. The van der Waals surface area contributed by atoms with Gasteiger partial charge in [-0.3, -0.25) is 4.79 Å². The van der Waals surface area contributed by atoms with E-state index in [-0.39, 0.29) is 24.8 Å². The maximum atomic E-state index is 12.9. The van der Waals surface area contributed by atoms with E-state index in [9.17, 15) is 17.6 Å². The molecule has 0 spiro atoms. The molecule has 5 nitrogen and oxygen atoms in total. The molecule has 0 aromatic heterocycles. The standard InChI is InChI=1S/C20H25FN2O3S/c1-27(25,26)23(15-13-18-9-11-19(21)12-10-18)16-20(24)22-14-5-8-17-6-3-2-4-7-17/h2-4,6-7,9-12H,5,8,13-16H2,1H3,(H,22,24). The molecule has 0 heterocycles. The van der Waals surface area contributed by atoms with Crippen molar-refractivity contribution in [3.8, 4) is 0 Å². The molecule has 0 aliphatic carbocycles. The van der Waals surface area contributed by atoms with E-state index in [1.54, 1.807) is 12.1 Å². The second-order valence-corrected chi connectivity index (χ2v) is 8.39. The van der Waals surface area contributed by atoms with Crippen LogP contribution < -0.4 is 5.32 Å². The molecule has 1 amide bonds. The summed E-state index contributed by atoms with van der Waals surface area (Å²) < 4.78 is 38.0. The van der Waals surface area contributed by atoms with Crippen LogP contribution in [-0.2, 0) is 27.7 Å². The first-order valence-corrected chi connectivity index (χ1v) is 10.7. The highest BCUT2D eigenvalue weighted by Crippen LogP contribution is 2.07. The minimum atomic E-state index is -3.51. The van der Waals surface area contributed by atoms with Crippen molar-refractivity contribution >= 4 is 15.9 Å². The Hall–Kier alpha value is -2.25. The summed E-state index contributed by atoms with van der Waals surface area (Å²) >= 11 is 0. The first kappa shape index (κ1) is 21.1. The van der Waals surface area contributed by atoms with Gasteiger partial charge >= 0.3 is 0 Å². The highest BCUT2D eigenvalue weighted by Gasteiger charge is 2.19. The van der Waals surface area contributed by atoms with Gasteiger partial charge in [-0.25, -0.2) is 12.8 Å². The lowest BCUT2D eigenvalue weighted by molar-refractivity contribution is -0.121. The summed E-state index contributed by atoms with van der Waals surface area (Å²) in [6, 6.07) is 15.8. The van der Waals surface area contributed by atoms with Crippen LogP contribution in [0.3, 0.4) is 0 Å². The van der Waals surface area contributed by atoms with Gasteiger partial charge < -0.3 is 5.32 Å². The zero-order valence-corrected chi connectivity index (χ0v) is 16.2. The first-order chi connectivity index (χ1) is 12.8. The Morgan fingerprint density at radius 2 is 1.63 bits per heavy atom. The van der Waals surface area contributed by atoms with Crippen LogP contribution in [0.2, 0.25) is 0 Å². The van der Waals surface area contributed by atoms with Crippen molar-refractivity contribution in [2.45, 2.75) is 19.3 Å². The van der Waals surface area contributed by atoms with Crippen molar-refractivity contribution < 1.29 is 17.6 Å². The van der Waals surface area contributed by atoms with Crippen LogP contribution in [0.4, 0.5) is 4.39 Å². The highest BCUT2D eigenvalue weighted by atomic mass is 32.2. The zero-order chi connectivity index (χ0) is 19.7. The Morgan fingerprint density at radius 1 is 1.00 bits per heavy atom. The van der Waals surface area contributed by atoms with Crippen LogP contribution in [0.1, 0.15) is 17.5 Å². The molecule has 0 aliphatic rings. The van der Waals surface area contributed by atoms with E-state index in [0.717, 1.165) is 29.0 Å². The van der Waals surface area contributed by atoms with Crippen molar-refractivity contribution in [3.05, 3.63) is 71.5 Å². The highest BCUT2D eigenvalue weighted by molar-refractivity contribution is 7.88. The van der Waals surface area contributed by atoms with Gasteiger partial charge in [0.2, 0.25) is 15.9 Å². The third kappa shape index (κ3) is 7.88. The number of carbonyl (C=O) groups is 1. The molecule has 1 N–H and O–H groups in total. The molecule has 2 aromatic carbocycles. The molecule has 0 saturated carbocycles. The van der Waals surface area contributed by atoms with Crippen LogP contribution >= 0.6 is 0 Å². The summed E-state index contributed by atoms with van der Waals surface area (Å²) in [7, 11) is -3.51. The molecule has 0 unspecified atom stereocenters. The third-order valence-corrected chi connectivity index (χ3v) is 5.41. The van der Waals surface area contributed by atoms with E-state index in [2.05, 4.69) is 5.32 Å². The summed E-state index contributed by atoms with van der Waals surface area (Å²) in [5.74, 6) is -0.666. The maximum absolute atomic E-state index is 12.9. The number of sulfonamides is 1. The van der Waals surface area contributed by atoms with Crippen molar-refractivity contribution in [1.29, 1.82) is 0 Å². The number of nitrogens with zero attached hydrogens (tertiary/aromatic N) is 1. The van der Waals surface area contributed by atoms with Gasteiger partial charge in [0, 0.05) is 13.1 Å². The van der Waals surface area contributed by atoms with E-state index in [4.69, 9.17) is 0 Å². The smallest absolute Gasteiger partial charge is 0.235 e. The quantitative estimate of drug-likeness (QED) is 0.632. The van der Waals surface area contributed by atoms with E-state index in [1.165, 1.54) is 17.7 Å². The van der Waals surface area contributed by atoms with Crippen molar-refractivity contribution in [2.24, 2.45) is 0 Å². The summed E-state index contributed by atoms with van der Waals surface area (Å²) in [5, 5.41) is 2.77. The third-order valence-electron chi connectivity index (χ3n) is 4.16. The van der Waals surface area contributed by atoms with Crippen molar-refractivity contribution in [3.63, 3.8) is 0 Å². The molecule has 0 aliphatic heterocycles. The average molecular weight is 392 g/mol. The Morgan fingerprint density at radius 3 is 2.26 bits per heavy atom. The van der Waals surface area contributed by atoms with Gasteiger partial charge in [0.1, 0.15) is 5.82 Å². The average Bonchev–Trinajstić information content (AvgIpc) is 2.63. The van der Waals surface area contributed by atoms with Gasteiger partial charge in [-0.15, -0.1) is 0 Å². The SMILES string of the molecule is CS(=O)(=O)N(CCc1ccc(F)cc1)CC(=O)NCCCc1ccccc1. The minimum Gasteiger partial charge on any atom is -0.355 e. The lowest BCUT2D eigenvalue weighted by atomic mass is 10.1.